The summed E-state index contributed by atoms with van der Waals surface area (Å²) in [4.78, 5) is 40.8. The van der Waals surface area contributed by atoms with Gasteiger partial charge in [0.25, 0.3) is 5.69 Å². The van der Waals surface area contributed by atoms with Crippen molar-refractivity contribution in [2.75, 3.05) is 26.2 Å². The van der Waals surface area contributed by atoms with Gasteiger partial charge in [-0.25, -0.2) is 4.79 Å². The Kier molecular flexibility index (Phi) is 8.92. The van der Waals surface area contributed by atoms with Crippen LogP contribution in [0.5, 0.6) is 0 Å². The number of nitro benzene ring substituents is 1. The van der Waals surface area contributed by atoms with Crippen LogP contribution >= 0.6 is 11.8 Å². The molecule has 0 bridgehead atoms. The van der Waals surface area contributed by atoms with Gasteiger partial charge in [-0.2, -0.15) is 0 Å². The van der Waals surface area contributed by atoms with E-state index in [1.165, 1.54) is 23.9 Å². The van der Waals surface area contributed by atoms with Crippen molar-refractivity contribution in [3.05, 3.63) is 69.8 Å². The lowest BCUT2D eigenvalue weighted by molar-refractivity contribution is -0.387. The van der Waals surface area contributed by atoms with Crippen molar-refractivity contribution in [1.29, 1.82) is 0 Å². The van der Waals surface area contributed by atoms with Crippen LogP contribution in [0, 0.1) is 10.1 Å². The van der Waals surface area contributed by atoms with Gasteiger partial charge < -0.3 is 14.5 Å². The molecule has 9 heteroatoms. The maximum absolute atomic E-state index is 12.6. The summed E-state index contributed by atoms with van der Waals surface area (Å²) in [5.74, 6) is 0.0996. The number of nitrogens with zero attached hydrogens (tertiary/aromatic N) is 3. The molecule has 1 fully saturated rings. The van der Waals surface area contributed by atoms with Gasteiger partial charge in [-0.05, 0) is 49.1 Å². The van der Waals surface area contributed by atoms with E-state index in [-0.39, 0.29) is 23.8 Å². The van der Waals surface area contributed by atoms with Gasteiger partial charge in [0.05, 0.1) is 15.9 Å². The van der Waals surface area contributed by atoms with Gasteiger partial charge in [0.2, 0.25) is 5.91 Å². The molecule has 0 saturated carbocycles. The molecule has 8 nitrogen and oxygen atoms in total. The van der Waals surface area contributed by atoms with Gasteiger partial charge in [0.15, 0.2) is 0 Å². The lowest BCUT2D eigenvalue weighted by atomic mass is 10.0. The molecule has 0 aromatic heterocycles. The van der Waals surface area contributed by atoms with Gasteiger partial charge in [0.1, 0.15) is 0 Å². The second kappa shape index (κ2) is 11.9. The highest BCUT2D eigenvalue weighted by Crippen LogP contribution is 2.39. The van der Waals surface area contributed by atoms with E-state index in [4.69, 9.17) is 4.74 Å². The third-order valence-electron chi connectivity index (χ3n) is 5.55. The SMILES string of the molecule is CC(C)OC(=O)N1CCN(C(=O)C=Cc2ccc(Sc3ccccc3C(C)C)c([N+](=O)[O-])c2)CC1. The van der Waals surface area contributed by atoms with E-state index in [0.29, 0.717) is 42.6 Å². The van der Waals surface area contributed by atoms with Crippen molar-refractivity contribution in [1.82, 2.24) is 9.80 Å². The van der Waals surface area contributed by atoms with Crippen molar-refractivity contribution in [2.45, 2.75) is 49.5 Å². The predicted octanol–water partition coefficient (Wildman–Crippen LogP) is 5.57. The monoisotopic (exact) mass is 497 g/mol. The van der Waals surface area contributed by atoms with Crippen molar-refractivity contribution < 1.29 is 19.2 Å². The summed E-state index contributed by atoms with van der Waals surface area (Å²) in [7, 11) is 0. The largest absolute Gasteiger partial charge is 0.447 e. The second-order valence-electron chi connectivity index (χ2n) is 8.86. The Morgan fingerprint density at radius 2 is 1.66 bits per heavy atom. The first-order valence-corrected chi connectivity index (χ1v) is 12.4. The Hall–Kier alpha value is -3.33. The fourth-order valence-corrected chi connectivity index (χ4v) is 4.87. The fraction of sp³-hybridized carbons (Fsp3) is 0.385. The summed E-state index contributed by atoms with van der Waals surface area (Å²) in [6.45, 7) is 9.39. The fourth-order valence-electron chi connectivity index (χ4n) is 3.69. The van der Waals surface area contributed by atoms with Crippen LogP contribution in [0.3, 0.4) is 0 Å². The summed E-state index contributed by atoms with van der Waals surface area (Å²) in [5.41, 5.74) is 1.71. The van der Waals surface area contributed by atoms with Crippen LogP contribution in [0.25, 0.3) is 6.08 Å². The standard InChI is InChI=1S/C26H31N3O5S/c1-18(2)21-7-5-6-8-23(21)35-24-11-9-20(17-22(24)29(32)33)10-12-25(30)27-13-15-28(16-14-27)26(31)34-19(3)4/h5-12,17-19H,13-16H2,1-4H3. The van der Waals surface area contributed by atoms with Crippen molar-refractivity contribution >= 4 is 35.5 Å². The normalized spacial score (nSPS) is 14.1. The molecule has 3 rings (SSSR count). The number of carbonyl (C=O) groups excluding carboxylic acids is 2. The molecule has 0 N–H and O–H groups in total. The zero-order valence-corrected chi connectivity index (χ0v) is 21.3. The number of benzene rings is 2. The average molecular weight is 498 g/mol. The van der Waals surface area contributed by atoms with Crippen LogP contribution in [0.1, 0.15) is 44.7 Å². The first-order chi connectivity index (χ1) is 16.7. The van der Waals surface area contributed by atoms with E-state index in [9.17, 15) is 19.7 Å². The molecule has 0 aliphatic carbocycles. The van der Waals surface area contributed by atoms with E-state index in [2.05, 4.69) is 13.8 Å². The highest BCUT2D eigenvalue weighted by molar-refractivity contribution is 7.99. The first kappa shape index (κ1) is 26.3. The number of nitro groups is 1. The van der Waals surface area contributed by atoms with Crippen molar-refractivity contribution in [2.24, 2.45) is 0 Å². The molecule has 0 atom stereocenters. The minimum Gasteiger partial charge on any atom is -0.447 e. The van der Waals surface area contributed by atoms with Gasteiger partial charge in [-0.15, -0.1) is 0 Å². The molecule has 35 heavy (non-hydrogen) atoms. The minimum atomic E-state index is -0.394. The van der Waals surface area contributed by atoms with E-state index >= 15 is 0 Å². The third-order valence-corrected chi connectivity index (χ3v) is 6.70. The zero-order valence-electron chi connectivity index (χ0n) is 20.5. The number of carbonyl (C=O) groups is 2. The highest BCUT2D eigenvalue weighted by Gasteiger charge is 2.24. The number of amides is 2. The molecule has 1 saturated heterocycles. The Balaban J connectivity index is 1.67. The molecule has 2 aromatic rings. The molecule has 0 spiro atoms. The molecular weight excluding hydrogens is 466 g/mol. The zero-order chi connectivity index (χ0) is 25.5. The third kappa shape index (κ3) is 7.08. The minimum absolute atomic E-state index is 0.000405. The Bertz CT molecular complexity index is 1110. The van der Waals surface area contributed by atoms with E-state index in [1.54, 1.807) is 41.9 Å². The number of ether oxygens (including phenoxy) is 1. The van der Waals surface area contributed by atoms with E-state index in [0.717, 1.165) is 10.5 Å². The number of piperazine rings is 1. The molecule has 0 unspecified atom stereocenters. The molecule has 0 radical (unpaired) electrons. The molecule has 2 aromatic carbocycles. The van der Waals surface area contributed by atoms with Crippen LogP contribution in [0.4, 0.5) is 10.5 Å². The predicted molar refractivity (Wildman–Crippen MR) is 137 cm³/mol. The van der Waals surface area contributed by atoms with Crippen LogP contribution in [-0.4, -0.2) is 59.0 Å². The summed E-state index contributed by atoms with van der Waals surface area (Å²) < 4.78 is 5.20. The van der Waals surface area contributed by atoms with Gasteiger partial charge in [-0.1, -0.05) is 49.9 Å². The van der Waals surface area contributed by atoms with Crippen LogP contribution in [-0.2, 0) is 9.53 Å². The Morgan fingerprint density at radius 1 is 1.00 bits per heavy atom. The Labute approximate surface area is 210 Å². The lowest BCUT2D eigenvalue weighted by Crippen LogP contribution is -2.50. The molecule has 186 valence electrons. The quantitative estimate of drug-likeness (QED) is 0.282. The molecular formula is C26H31N3O5S. The topological polar surface area (TPSA) is 93.0 Å². The smallest absolute Gasteiger partial charge is 0.410 e. The summed E-state index contributed by atoms with van der Waals surface area (Å²) in [6.07, 6.45) is 2.45. The van der Waals surface area contributed by atoms with E-state index < -0.39 is 4.92 Å². The molecule has 1 aliphatic rings. The average Bonchev–Trinajstić information content (AvgIpc) is 2.83. The van der Waals surface area contributed by atoms with Crippen molar-refractivity contribution in [3.8, 4) is 0 Å². The maximum Gasteiger partial charge on any atom is 0.410 e. The maximum atomic E-state index is 12.6. The number of hydrogen-bond acceptors (Lipinski definition) is 6. The second-order valence-corrected chi connectivity index (χ2v) is 9.94. The summed E-state index contributed by atoms with van der Waals surface area (Å²) >= 11 is 1.38. The van der Waals surface area contributed by atoms with Gasteiger partial charge >= 0.3 is 6.09 Å². The van der Waals surface area contributed by atoms with Crippen molar-refractivity contribution in [3.63, 3.8) is 0 Å². The van der Waals surface area contributed by atoms with Crippen LogP contribution in [0.2, 0.25) is 0 Å². The summed E-state index contributed by atoms with van der Waals surface area (Å²) in [6, 6.07) is 12.9. The molecule has 2 amide bonds. The first-order valence-electron chi connectivity index (χ1n) is 11.6. The summed E-state index contributed by atoms with van der Waals surface area (Å²) in [5, 5.41) is 11.8. The highest BCUT2D eigenvalue weighted by atomic mass is 32.2. The van der Waals surface area contributed by atoms with Gasteiger partial charge in [0, 0.05) is 43.2 Å². The van der Waals surface area contributed by atoms with Gasteiger partial charge in [-0.3, -0.25) is 14.9 Å². The van der Waals surface area contributed by atoms with E-state index in [1.807, 2.05) is 24.3 Å². The van der Waals surface area contributed by atoms with Crippen LogP contribution < -0.4 is 0 Å². The molecule has 1 aliphatic heterocycles. The number of rotatable bonds is 7. The Morgan fingerprint density at radius 3 is 2.29 bits per heavy atom. The lowest BCUT2D eigenvalue weighted by Gasteiger charge is -2.33. The van der Waals surface area contributed by atoms with Crippen LogP contribution in [0.15, 0.2) is 58.3 Å². The number of hydrogen-bond donors (Lipinski definition) is 0. The molecule has 1 heterocycles.